The Balaban J connectivity index is 1.62. The van der Waals surface area contributed by atoms with Crippen LogP contribution in [0.3, 0.4) is 0 Å². The summed E-state index contributed by atoms with van der Waals surface area (Å²) in [5, 5.41) is 3.00. The van der Waals surface area contributed by atoms with E-state index >= 15 is 0 Å². The van der Waals surface area contributed by atoms with Gasteiger partial charge in [-0.1, -0.05) is 12.1 Å². The van der Waals surface area contributed by atoms with Crippen molar-refractivity contribution in [1.82, 2.24) is 5.32 Å². The Bertz CT molecular complexity index is 585. The molecule has 6 heteroatoms. The number of benzene rings is 1. The maximum Gasteiger partial charge on any atom is 0.165 e. The van der Waals surface area contributed by atoms with Crippen LogP contribution in [-0.4, -0.2) is 39.2 Å². The van der Waals surface area contributed by atoms with Gasteiger partial charge in [0, 0.05) is 18.7 Å². The predicted molar refractivity (Wildman–Crippen MR) is 75.9 cm³/mol. The zero-order chi connectivity index (χ0) is 14.0. The molecule has 3 rings (SSSR count). The van der Waals surface area contributed by atoms with Gasteiger partial charge in [-0.15, -0.1) is 0 Å². The monoisotopic (exact) mass is 297 g/mol. The molecule has 0 saturated carbocycles. The van der Waals surface area contributed by atoms with Crippen molar-refractivity contribution in [2.24, 2.45) is 0 Å². The van der Waals surface area contributed by atoms with E-state index in [9.17, 15) is 8.42 Å². The lowest BCUT2D eigenvalue weighted by Gasteiger charge is -2.21. The van der Waals surface area contributed by atoms with Crippen LogP contribution in [0.4, 0.5) is 0 Å². The first-order chi connectivity index (χ1) is 9.67. The lowest BCUT2D eigenvalue weighted by Crippen LogP contribution is -2.30. The van der Waals surface area contributed by atoms with Crippen molar-refractivity contribution in [3.8, 4) is 11.5 Å². The molecule has 1 unspecified atom stereocenters. The van der Waals surface area contributed by atoms with Gasteiger partial charge in [-0.2, -0.15) is 0 Å². The molecule has 5 nitrogen and oxygen atoms in total. The average molecular weight is 297 g/mol. The Kier molecular flexibility index (Phi) is 3.85. The van der Waals surface area contributed by atoms with Crippen LogP contribution in [0, 0.1) is 0 Å². The standard InChI is InChI=1S/C14H19NO4S/c16-20(17)8-2-4-12(20)10-15-9-11-3-1-5-13-14(11)19-7-6-18-13/h1,3,5,12,15H,2,4,6-10H2. The van der Waals surface area contributed by atoms with Gasteiger partial charge in [-0.25, -0.2) is 8.42 Å². The van der Waals surface area contributed by atoms with Gasteiger partial charge in [0.1, 0.15) is 13.2 Å². The minimum atomic E-state index is -2.88. The Morgan fingerprint density at radius 2 is 2.10 bits per heavy atom. The summed E-state index contributed by atoms with van der Waals surface area (Å²) >= 11 is 0. The Labute approximate surface area is 119 Å². The zero-order valence-electron chi connectivity index (χ0n) is 11.3. The van der Waals surface area contributed by atoms with Gasteiger partial charge < -0.3 is 14.8 Å². The highest BCUT2D eigenvalue weighted by atomic mass is 32.2. The molecule has 2 heterocycles. The molecule has 1 saturated heterocycles. The third-order valence-corrected chi connectivity index (χ3v) is 6.07. The van der Waals surface area contributed by atoms with Crippen LogP contribution in [0.25, 0.3) is 0 Å². The van der Waals surface area contributed by atoms with Gasteiger partial charge in [-0.3, -0.25) is 0 Å². The number of fused-ring (bicyclic) bond motifs is 1. The maximum absolute atomic E-state index is 11.8. The lowest BCUT2D eigenvalue weighted by molar-refractivity contribution is 0.169. The van der Waals surface area contributed by atoms with Gasteiger partial charge in [0.15, 0.2) is 21.3 Å². The molecule has 0 spiro atoms. The number of ether oxygens (including phenoxy) is 2. The molecule has 110 valence electrons. The molecular formula is C14H19NO4S. The van der Waals surface area contributed by atoms with Crippen LogP contribution < -0.4 is 14.8 Å². The number of nitrogens with one attached hydrogen (secondary N) is 1. The van der Waals surface area contributed by atoms with Crippen molar-refractivity contribution in [3.63, 3.8) is 0 Å². The third-order valence-electron chi connectivity index (χ3n) is 3.80. The molecule has 0 aliphatic carbocycles. The summed E-state index contributed by atoms with van der Waals surface area (Å²) in [5.41, 5.74) is 1.01. The van der Waals surface area contributed by atoms with E-state index in [1.54, 1.807) is 0 Å². The summed E-state index contributed by atoms with van der Waals surface area (Å²) in [6.07, 6.45) is 1.55. The SMILES string of the molecule is O=S1(=O)CCCC1CNCc1cccc2c1OCCO2. The van der Waals surface area contributed by atoms with Gasteiger partial charge in [-0.05, 0) is 18.9 Å². The van der Waals surface area contributed by atoms with E-state index in [1.807, 2.05) is 18.2 Å². The average Bonchev–Trinajstić information content (AvgIpc) is 2.78. The molecule has 1 fully saturated rings. The third kappa shape index (κ3) is 2.76. The zero-order valence-corrected chi connectivity index (χ0v) is 12.1. The predicted octanol–water partition coefficient (Wildman–Crippen LogP) is 1.12. The van der Waals surface area contributed by atoms with Gasteiger partial charge >= 0.3 is 0 Å². The van der Waals surface area contributed by atoms with Crippen molar-refractivity contribution >= 4 is 9.84 Å². The minimum Gasteiger partial charge on any atom is -0.486 e. The highest BCUT2D eigenvalue weighted by Gasteiger charge is 2.30. The smallest absolute Gasteiger partial charge is 0.165 e. The van der Waals surface area contributed by atoms with Gasteiger partial charge in [0.2, 0.25) is 0 Å². The fourth-order valence-electron chi connectivity index (χ4n) is 2.73. The summed E-state index contributed by atoms with van der Waals surface area (Å²) in [7, 11) is -2.88. The molecule has 1 N–H and O–H groups in total. The summed E-state index contributed by atoms with van der Waals surface area (Å²) in [4.78, 5) is 0. The van der Waals surface area contributed by atoms with Crippen LogP contribution in [0.15, 0.2) is 18.2 Å². The molecule has 1 aromatic carbocycles. The van der Waals surface area contributed by atoms with Crippen LogP contribution in [0.2, 0.25) is 0 Å². The van der Waals surface area contributed by atoms with E-state index in [4.69, 9.17) is 9.47 Å². The first-order valence-electron chi connectivity index (χ1n) is 6.96. The van der Waals surface area contributed by atoms with Crippen molar-refractivity contribution in [2.45, 2.75) is 24.6 Å². The molecule has 1 aromatic rings. The summed E-state index contributed by atoms with van der Waals surface area (Å²) < 4.78 is 34.7. The fraction of sp³-hybridized carbons (Fsp3) is 0.571. The van der Waals surface area contributed by atoms with E-state index in [-0.39, 0.29) is 5.25 Å². The fourth-order valence-corrected chi connectivity index (χ4v) is 4.53. The molecule has 1 atom stereocenters. The van der Waals surface area contributed by atoms with E-state index in [0.717, 1.165) is 29.9 Å². The Morgan fingerprint density at radius 1 is 1.25 bits per heavy atom. The van der Waals surface area contributed by atoms with Crippen LogP contribution in [-0.2, 0) is 16.4 Å². The molecule has 20 heavy (non-hydrogen) atoms. The number of sulfone groups is 1. The number of hydrogen-bond donors (Lipinski definition) is 1. The molecule has 0 amide bonds. The van der Waals surface area contributed by atoms with E-state index in [2.05, 4.69) is 5.32 Å². The summed E-state index contributed by atoms with van der Waals surface area (Å²) in [5.74, 6) is 1.88. The van der Waals surface area contributed by atoms with Crippen LogP contribution >= 0.6 is 0 Å². The van der Waals surface area contributed by atoms with Crippen LogP contribution in [0.1, 0.15) is 18.4 Å². The summed E-state index contributed by atoms with van der Waals surface area (Å²) in [6, 6.07) is 5.79. The topological polar surface area (TPSA) is 64.6 Å². The molecule has 0 aromatic heterocycles. The van der Waals surface area contributed by atoms with E-state index in [1.165, 1.54) is 0 Å². The highest BCUT2D eigenvalue weighted by molar-refractivity contribution is 7.92. The van der Waals surface area contributed by atoms with Gasteiger partial charge in [0.05, 0.1) is 11.0 Å². The van der Waals surface area contributed by atoms with Crippen molar-refractivity contribution in [2.75, 3.05) is 25.5 Å². The second-order valence-electron chi connectivity index (χ2n) is 5.20. The number of rotatable bonds is 4. The number of hydrogen-bond acceptors (Lipinski definition) is 5. The largest absolute Gasteiger partial charge is 0.486 e. The van der Waals surface area contributed by atoms with Crippen molar-refractivity contribution in [3.05, 3.63) is 23.8 Å². The maximum atomic E-state index is 11.8. The quantitative estimate of drug-likeness (QED) is 0.902. The first-order valence-corrected chi connectivity index (χ1v) is 8.68. The Hall–Kier alpha value is -1.27. The summed E-state index contributed by atoms with van der Waals surface area (Å²) in [6.45, 7) is 2.23. The second-order valence-corrected chi connectivity index (χ2v) is 7.60. The number of para-hydroxylation sites is 1. The Morgan fingerprint density at radius 3 is 2.90 bits per heavy atom. The van der Waals surface area contributed by atoms with E-state index in [0.29, 0.717) is 32.1 Å². The molecule has 0 bridgehead atoms. The lowest BCUT2D eigenvalue weighted by atomic mass is 10.1. The molecule has 0 radical (unpaired) electrons. The van der Waals surface area contributed by atoms with Crippen molar-refractivity contribution < 1.29 is 17.9 Å². The molecule has 2 aliphatic rings. The highest BCUT2D eigenvalue weighted by Crippen LogP contribution is 2.33. The normalized spacial score (nSPS) is 23.7. The minimum absolute atomic E-state index is 0.237. The van der Waals surface area contributed by atoms with E-state index < -0.39 is 9.84 Å². The second kappa shape index (κ2) is 5.61. The van der Waals surface area contributed by atoms with Crippen LogP contribution in [0.5, 0.6) is 11.5 Å². The van der Waals surface area contributed by atoms with Gasteiger partial charge in [0.25, 0.3) is 0 Å². The first kappa shape index (κ1) is 13.7. The molecule has 2 aliphatic heterocycles. The van der Waals surface area contributed by atoms with Crippen molar-refractivity contribution in [1.29, 1.82) is 0 Å². The molecular weight excluding hydrogens is 278 g/mol.